The van der Waals surface area contributed by atoms with E-state index in [1.165, 1.54) is 4.21 Å². The van der Waals surface area contributed by atoms with Gasteiger partial charge in [0, 0.05) is 12.6 Å². The van der Waals surface area contributed by atoms with Gasteiger partial charge in [-0.05, 0) is 43.4 Å². The van der Waals surface area contributed by atoms with Crippen LogP contribution in [-0.2, 0) is 0 Å². The van der Waals surface area contributed by atoms with Crippen LogP contribution >= 0.6 is 23.3 Å². The van der Waals surface area contributed by atoms with E-state index in [1.807, 2.05) is 19.0 Å². The van der Waals surface area contributed by atoms with Crippen LogP contribution in [0.4, 0.5) is 0 Å². The lowest BCUT2D eigenvalue weighted by atomic mass is 10.1. The van der Waals surface area contributed by atoms with Gasteiger partial charge in [-0.25, -0.2) is 4.31 Å². The molecule has 15 heavy (non-hydrogen) atoms. The van der Waals surface area contributed by atoms with E-state index in [1.54, 1.807) is 11.3 Å². The third-order valence-corrected chi connectivity index (χ3v) is 4.32. The number of nitrogens with zero attached hydrogens (tertiary/aromatic N) is 1. The largest absolute Gasteiger partial charge is 0.315 e. The predicted molar refractivity (Wildman–Crippen MR) is 70.5 cm³/mol. The van der Waals surface area contributed by atoms with Crippen molar-refractivity contribution in [2.75, 3.05) is 20.6 Å². The molecule has 2 nitrogen and oxygen atoms in total. The third kappa shape index (κ3) is 4.55. The van der Waals surface area contributed by atoms with Crippen molar-refractivity contribution in [2.45, 2.75) is 24.1 Å². The van der Waals surface area contributed by atoms with Gasteiger partial charge in [-0.15, -0.1) is 11.3 Å². The van der Waals surface area contributed by atoms with Crippen molar-refractivity contribution in [1.82, 2.24) is 9.62 Å². The maximum absolute atomic E-state index is 3.36. The van der Waals surface area contributed by atoms with Crippen LogP contribution in [0.3, 0.4) is 0 Å². The van der Waals surface area contributed by atoms with Crippen LogP contribution < -0.4 is 5.32 Å². The molecule has 0 fully saturated rings. The molecule has 0 aliphatic rings. The Morgan fingerprint density at radius 3 is 2.73 bits per heavy atom. The minimum Gasteiger partial charge on any atom is -0.315 e. The fraction of sp³-hybridized carbons (Fsp3) is 0.636. The van der Waals surface area contributed by atoms with Gasteiger partial charge in [-0.3, -0.25) is 0 Å². The van der Waals surface area contributed by atoms with Gasteiger partial charge in [0.05, 0.1) is 4.21 Å². The third-order valence-electron chi connectivity index (χ3n) is 2.37. The molecule has 1 heterocycles. The summed E-state index contributed by atoms with van der Waals surface area (Å²) in [5.74, 6) is 0.668. The Hall–Kier alpha value is -0.0300. The number of nitrogens with one attached hydrogen (secondary N) is 1. The zero-order valence-corrected chi connectivity index (χ0v) is 11.5. The molecule has 0 spiro atoms. The minimum atomic E-state index is 0.558. The molecule has 0 aliphatic heterocycles. The van der Waals surface area contributed by atoms with Gasteiger partial charge in [-0.1, -0.05) is 19.9 Å². The second-order valence-corrected chi connectivity index (χ2v) is 6.42. The van der Waals surface area contributed by atoms with Crippen molar-refractivity contribution < 1.29 is 0 Å². The molecule has 0 unspecified atom stereocenters. The van der Waals surface area contributed by atoms with Gasteiger partial charge >= 0.3 is 0 Å². The number of likely N-dealkylation sites (N-methyl/N-ethyl adjacent to an activating group) is 2. The molecule has 0 radical (unpaired) electrons. The topological polar surface area (TPSA) is 15.3 Å². The Morgan fingerprint density at radius 2 is 2.27 bits per heavy atom. The summed E-state index contributed by atoms with van der Waals surface area (Å²) in [6.07, 6.45) is 0. The molecule has 0 amide bonds. The fourth-order valence-electron chi connectivity index (χ4n) is 1.42. The second-order valence-electron chi connectivity index (χ2n) is 3.97. The molecule has 1 aromatic rings. The molecule has 0 bridgehead atoms. The fourth-order valence-corrected chi connectivity index (χ4v) is 3.27. The van der Waals surface area contributed by atoms with Crippen molar-refractivity contribution in [1.29, 1.82) is 0 Å². The quantitative estimate of drug-likeness (QED) is 0.775. The smallest absolute Gasteiger partial charge is 0.0753 e. The van der Waals surface area contributed by atoms with Gasteiger partial charge in [0.15, 0.2) is 0 Å². The number of rotatable bonds is 6. The van der Waals surface area contributed by atoms with Gasteiger partial charge < -0.3 is 5.32 Å². The molecule has 1 aromatic heterocycles. The first-order chi connectivity index (χ1) is 7.13. The van der Waals surface area contributed by atoms with Crippen molar-refractivity contribution in [2.24, 2.45) is 5.92 Å². The van der Waals surface area contributed by atoms with Crippen LogP contribution in [0.5, 0.6) is 0 Å². The highest BCUT2D eigenvalue weighted by Gasteiger charge is 2.14. The van der Waals surface area contributed by atoms with E-state index in [4.69, 9.17) is 0 Å². The maximum Gasteiger partial charge on any atom is 0.0753 e. The van der Waals surface area contributed by atoms with Crippen LogP contribution in [-0.4, -0.2) is 31.0 Å². The molecule has 4 heteroatoms. The summed E-state index contributed by atoms with van der Waals surface area (Å²) in [7, 11) is 4.19. The minimum absolute atomic E-state index is 0.558. The molecule has 0 aromatic carbocycles. The van der Waals surface area contributed by atoms with Crippen LogP contribution in [0.25, 0.3) is 0 Å². The lowest BCUT2D eigenvalue weighted by Gasteiger charge is -2.25. The standard InChI is InChI=1S/C11H20N2S2/c1-9(2)10(12-3)8-13(4)15-11-6-5-7-14-11/h5-7,9-10,12H,8H2,1-4H3/t10-/m1/s1. The Labute approximate surface area is 101 Å². The summed E-state index contributed by atoms with van der Waals surface area (Å²) in [4.78, 5) is 0. The van der Waals surface area contributed by atoms with Gasteiger partial charge in [0.25, 0.3) is 0 Å². The normalized spacial score (nSPS) is 13.7. The maximum atomic E-state index is 3.36. The number of hydrogen-bond acceptors (Lipinski definition) is 4. The van der Waals surface area contributed by atoms with Crippen molar-refractivity contribution in [3.8, 4) is 0 Å². The van der Waals surface area contributed by atoms with Crippen molar-refractivity contribution in [3.05, 3.63) is 17.5 Å². The van der Waals surface area contributed by atoms with Crippen LogP contribution in [0, 0.1) is 5.92 Å². The van der Waals surface area contributed by atoms with Crippen LogP contribution in [0.2, 0.25) is 0 Å². The highest BCUT2D eigenvalue weighted by atomic mass is 32.2. The zero-order valence-electron chi connectivity index (χ0n) is 9.86. The summed E-state index contributed by atoms with van der Waals surface area (Å²) in [6.45, 7) is 5.58. The molecule has 0 saturated heterocycles. The molecule has 1 N–H and O–H groups in total. The Morgan fingerprint density at radius 1 is 1.53 bits per heavy atom. The predicted octanol–water partition coefficient (Wildman–Crippen LogP) is 2.93. The Balaban J connectivity index is 2.37. The summed E-state index contributed by atoms with van der Waals surface area (Å²) < 4.78 is 3.66. The summed E-state index contributed by atoms with van der Waals surface area (Å²) in [5.41, 5.74) is 0. The molecule has 1 atom stereocenters. The van der Waals surface area contributed by atoms with E-state index in [0.717, 1.165) is 6.54 Å². The first kappa shape index (κ1) is 13.0. The lowest BCUT2D eigenvalue weighted by Crippen LogP contribution is -2.39. The average molecular weight is 244 g/mol. The molecule has 0 aliphatic carbocycles. The van der Waals surface area contributed by atoms with Gasteiger partial charge in [-0.2, -0.15) is 0 Å². The summed E-state index contributed by atoms with van der Waals surface area (Å²) >= 11 is 3.62. The molecular weight excluding hydrogens is 224 g/mol. The SMILES string of the molecule is CN[C@H](CN(C)Sc1cccs1)C(C)C. The Bertz CT molecular complexity index is 260. The first-order valence-electron chi connectivity index (χ1n) is 5.23. The molecule has 1 rings (SSSR count). The number of thiophene rings is 1. The molecule has 0 saturated carbocycles. The highest BCUT2D eigenvalue weighted by molar-refractivity contribution is 7.98. The molecular formula is C11H20N2S2. The Kier molecular flexibility index (Phi) is 5.68. The van der Waals surface area contributed by atoms with Crippen LogP contribution in [0.1, 0.15) is 13.8 Å². The first-order valence-corrected chi connectivity index (χ1v) is 6.88. The average Bonchev–Trinajstić information content (AvgIpc) is 2.66. The lowest BCUT2D eigenvalue weighted by molar-refractivity contribution is 0.362. The highest BCUT2D eigenvalue weighted by Crippen LogP contribution is 2.26. The van der Waals surface area contributed by atoms with Crippen molar-refractivity contribution in [3.63, 3.8) is 0 Å². The van der Waals surface area contributed by atoms with E-state index < -0.39 is 0 Å². The number of hydrogen-bond donors (Lipinski definition) is 1. The van der Waals surface area contributed by atoms with E-state index in [9.17, 15) is 0 Å². The van der Waals surface area contributed by atoms with Gasteiger partial charge in [0.2, 0.25) is 0 Å². The van der Waals surface area contributed by atoms with Gasteiger partial charge in [0.1, 0.15) is 0 Å². The zero-order chi connectivity index (χ0) is 11.3. The summed E-state index contributed by atoms with van der Waals surface area (Å²) in [5, 5.41) is 5.48. The molecule has 86 valence electrons. The second kappa shape index (κ2) is 6.53. The summed E-state index contributed by atoms with van der Waals surface area (Å²) in [6, 6.07) is 4.82. The van der Waals surface area contributed by atoms with Crippen LogP contribution in [0.15, 0.2) is 21.7 Å². The van der Waals surface area contributed by atoms with Crippen molar-refractivity contribution >= 4 is 23.3 Å². The van der Waals surface area contributed by atoms with E-state index in [0.29, 0.717) is 12.0 Å². The van der Waals surface area contributed by atoms with E-state index in [-0.39, 0.29) is 0 Å². The monoisotopic (exact) mass is 244 g/mol. The van der Waals surface area contributed by atoms with E-state index in [2.05, 4.69) is 48.0 Å². The van der Waals surface area contributed by atoms with E-state index >= 15 is 0 Å².